The Morgan fingerprint density at radius 1 is 0.756 bits per heavy atom. The molecule has 1 fully saturated rings. The minimum Gasteiger partial charge on any atom is -0.394 e. The molecule has 244 valence electrons. The van der Waals surface area contributed by atoms with E-state index in [4.69, 9.17) is 18.7 Å². The van der Waals surface area contributed by atoms with Gasteiger partial charge in [0.2, 0.25) is 5.79 Å². The van der Waals surface area contributed by atoms with Crippen LogP contribution >= 0.6 is 7.82 Å². The van der Waals surface area contributed by atoms with Crippen molar-refractivity contribution in [2.45, 2.75) is 152 Å². The third-order valence-electron chi connectivity index (χ3n) is 7.29. The van der Waals surface area contributed by atoms with Crippen molar-refractivity contribution in [3.8, 4) is 0 Å². The zero-order valence-electron chi connectivity index (χ0n) is 24.3. The first-order valence-electron chi connectivity index (χ1n) is 15.0. The molecular formula is C27H53O13P. The maximum atomic E-state index is 13.2. The first-order valence-corrected chi connectivity index (χ1v) is 16.5. The van der Waals surface area contributed by atoms with Crippen molar-refractivity contribution in [1.29, 1.82) is 0 Å². The average molecular weight is 617 g/mol. The van der Waals surface area contributed by atoms with Gasteiger partial charge in [0.05, 0.1) is 13.2 Å². The molecule has 0 aromatic carbocycles. The van der Waals surface area contributed by atoms with E-state index in [1.807, 2.05) is 0 Å². The number of rotatable bonds is 23. The molecule has 14 heteroatoms. The molecule has 0 aliphatic heterocycles. The molecular weight excluding hydrogens is 563 g/mol. The Morgan fingerprint density at radius 3 is 1.59 bits per heavy atom. The molecule has 0 heterocycles. The molecule has 0 saturated heterocycles. The molecule has 0 radical (unpaired) electrons. The van der Waals surface area contributed by atoms with Gasteiger partial charge in [0, 0.05) is 6.42 Å². The number of hydrogen-bond donors (Lipinski definition) is 8. The van der Waals surface area contributed by atoms with Crippen LogP contribution in [0.4, 0.5) is 0 Å². The maximum absolute atomic E-state index is 13.2. The van der Waals surface area contributed by atoms with Gasteiger partial charge < -0.3 is 45.4 Å². The lowest BCUT2D eigenvalue weighted by molar-refractivity contribution is -0.337. The summed E-state index contributed by atoms with van der Waals surface area (Å²) in [4.78, 5) is 12.4. The van der Waals surface area contributed by atoms with Crippen molar-refractivity contribution in [1.82, 2.24) is 0 Å². The van der Waals surface area contributed by atoms with Gasteiger partial charge in [0.1, 0.15) is 36.6 Å². The van der Waals surface area contributed by atoms with Crippen LogP contribution in [-0.2, 0) is 22.9 Å². The largest absolute Gasteiger partial charge is 0.535 e. The molecule has 0 amide bonds. The van der Waals surface area contributed by atoms with Gasteiger partial charge >= 0.3 is 13.8 Å². The van der Waals surface area contributed by atoms with Gasteiger partial charge in [-0.3, -0.25) is 9.32 Å². The average Bonchev–Trinajstić information content (AvgIpc) is 2.95. The molecule has 8 N–H and O–H groups in total. The first kappa shape index (κ1) is 38.3. The molecule has 2 unspecified atom stereocenters. The number of aliphatic hydroxyl groups is 8. The SMILES string of the molecule is CCCCCCCCCCCCCCCCCC(=O)OP(=O)(OCC(O)CO)O[C@]1(O)[C@H](O)[C@H](O)[C@@H](O)[C@H](O)[C@H]1O. The first-order chi connectivity index (χ1) is 19.4. The quantitative estimate of drug-likeness (QED) is 0.0466. The summed E-state index contributed by atoms with van der Waals surface area (Å²) in [5, 5.41) is 79.0. The van der Waals surface area contributed by atoms with Gasteiger partial charge in [0.15, 0.2) is 0 Å². The van der Waals surface area contributed by atoms with Gasteiger partial charge in [-0.15, -0.1) is 0 Å². The summed E-state index contributed by atoms with van der Waals surface area (Å²) < 4.78 is 27.6. The summed E-state index contributed by atoms with van der Waals surface area (Å²) >= 11 is 0. The predicted octanol–water partition coefficient (Wildman–Crippen LogP) is 1.79. The van der Waals surface area contributed by atoms with Crippen LogP contribution in [0.1, 0.15) is 110 Å². The number of phosphoric acid groups is 1. The van der Waals surface area contributed by atoms with E-state index in [2.05, 4.69) is 6.92 Å². The third kappa shape index (κ3) is 13.6. The monoisotopic (exact) mass is 616 g/mol. The molecule has 0 aromatic heterocycles. The Hall–Kier alpha value is -0.700. The zero-order valence-corrected chi connectivity index (χ0v) is 25.2. The number of carbonyl (C=O) groups is 1. The van der Waals surface area contributed by atoms with Crippen LogP contribution in [0.25, 0.3) is 0 Å². The Labute approximate surface area is 243 Å². The maximum Gasteiger partial charge on any atom is 0.535 e. The van der Waals surface area contributed by atoms with E-state index in [1.165, 1.54) is 57.8 Å². The fraction of sp³-hybridized carbons (Fsp3) is 0.963. The van der Waals surface area contributed by atoms with E-state index in [0.717, 1.165) is 25.7 Å². The zero-order chi connectivity index (χ0) is 30.9. The van der Waals surface area contributed by atoms with E-state index in [0.29, 0.717) is 12.8 Å². The standard InChI is InChI=1S/C27H53O13P/c1-2-3-4-5-6-7-8-9-10-11-12-13-14-15-16-17-21(30)39-41(37,38-19-20(29)18-28)40-27(36)25(34)23(32)22(31)24(33)26(27)35/h20,22-26,28-29,31-36H,2-19H2,1H3/t20?,22-,23-,24+,25-,26-,27-,41?/m1/s1. The van der Waals surface area contributed by atoms with Crippen molar-refractivity contribution in [2.24, 2.45) is 0 Å². The number of carbonyl (C=O) groups excluding carboxylic acids is 1. The lowest BCUT2D eigenvalue weighted by Gasteiger charge is -2.46. The van der Waals surface area contributed by atoms with Crippen molar-refractivity contribution >= 4 is 13.8 Å². The number of phosphoric ester groups is 1. The van der Waals surface area contributed by atoms with Crippen LogP contribution in [0.15, 0.2) is 0 Å². The topological polar surface area (TPSA) is 224 Å². The fourth-order valence-corrected chi connectivity index (χ4v) is 6.05. The van der Waals surface area contributed by atoms with Crippen LogP contribution in [0.5, 0.6) is 0 Å². The normalized spacial score (nSPS) is 28.8. The minimum atomic E-state index is -5.21. The molecule has 0 aromatic rings. The smallest absolute Gasteiger partial charge is 0.394 e. The van der Waals surface area contributed by atoms with E-state index in [-0.39, 0.29) is 6.42 Å². The second-order valence-corrected chi connectivity index (χ2v) is 12.5. The van der Waals surface area contributed by atoms with E-state index < -0.39 is 69.4 Å². The number of unbranched alkanes of at least 4 members (excludes halogenated alkanes) is 14. The summed E-state index contributed by atoms with van der Waals surface area (Å²) in [6.07, 6.45) is 3.47. The number of hydrogen-bond acceptors (Lipinski definition) is 13. The Bertz CT molecular complexity index is 739. The Kier molecular flexibility index (Phi) is 19.0. The van der Waals surface area contributed by atoms with Gasteiger partial charge in [0.25, 0.3) is 0 Å². The Balaban J connectivity index is 2.44. The predicted molar refractivity (Wildman–Crippen MR) is 148 cm³/mol. The molecule has 13 nitrogen and oxygen atoms in total. The second-order valence-electron chi connectivity index (χ2n) is 10.9. The highest BCUT2D eigenvalue weighted by Gasteiger charge is 2.62. The Morgan fingerprint density at radius 2 is 1.17 bits per heavy atom. The third-order valence-corrected chi connectivity index (χ3v) is 8.69. The molecule has 8 atom stereocenters. The van der Waals surface area contributed by atoms with Crippen molar-refractivity contribution < 1.29 is 63.8 Å². The van der Waals surface area contributed by atoms with Crippen LogP contribution < -0.4 is 0 Å². The van der Waals surface area contributed by atoms with Crippen molar-refractivity contribution in [2.75, 3.05) is 13.2 Å². The highest BCUT2D eigenvalue weighted by molar-refractivity contribution is 7.49. The summed E-state index contributed by atoms with van der Waals surface area (Å²) in [6, 6.07) is 0. The lowest BCUT2D eigenvalue weighted by atomic mass is 9.82. The van der Waals surface area contributed by atoms with E-state index >= 15 is 0 Å². The second kappa shape index (κ2) is 20.3. The molecule has 0 spiro atoms. The van der Waals surface area contributed by atoms with Crippen LogP contribution in [0.2, 0.25) is 0 Å². The highest BCUT2D eigenvalue weighted by Crippen LogP contribution is 2.55. The summed E-state index contributed by atoms with van der Waals surface area (Å²) in [5.41, 5.74) is 0. The summed E-state index contributed by atoms with van der Waals surface area (Å²) in [7, 11) is -5.21. The van der Waals surface area contributed by atoms with Crippen molar-refractivity contribution in [3.63, 3.8) is 0 Å². The van der Waals surface area contributed by atoms with Gasteiger partial charge in [-0.05, 0) is 6.42 Å². The molecule has 1 aliphatic carbocycles. The summed E-state index contributed by atoms with van der Waals surface area (Å²) in [5.74, 6) is -4.46. The van der Waals surface area contributed by atoms with Crippen LogP contribution in [-0.4, -0.2) is 102 Å². The fourth-order valence-electron chi connectivity index (χ4n) is 4.64. The summed E-state index contributed by atoms with van der Waals surface area (Å²) in [6.45, 7) is 0.499. The number of aliphatic hydroxyl groups excluding tert-OH is 7. The van der Waals surface area contributed by atoms with Gasteiger partial charge in [-0.25, -0.2) is 9.09 Å². The molecule has 1 aliphatic rings. The van der Waals surface area contributed by atoms with E-state index in [1.54, 1.807) is 0 Å². The van der Waals surface area contributed by atoms with Crippen LogP contribution in [0.3, 0.4) is 0 Å². The van der Waals surface area contributed by atoms with E-state index in [9.17, 15) is 45.1 Å². The molecule has 1 saturated carbocycles. The molecule has 41 heavy (non-hydrogen) atoms. The van der Waals surface area contributed by atoms with Crippen molar-refractivity contribution in [3.05, 3.63) is 0 Å². The lowest BCUT2D eigenvalue weighted by Crippen LogP contribution is -2.71. The van der Waals surface area contributed by atoms with Gasteiger partial charge in [-0.1, -0.05) is 96.8 Å². The van der Waals surface area contributed by atoms with Gasteiger partial charge in [-0.2, -0.15) is 0 Å². The molecule has 1 rings (SSSR count). The minimum absolute atomic E-state index is 0.203. The molecule has 0 bridgehead atoms. The van der Waals surface area contributed by atoms with Crippen LogP contribution in [0, 0.1) is 0 Å². The highest BCUT2D eigenvalue weighted by atomic mass is 31.2.